The second kappa shape index (κ2) is 14.5. The first-order valence-corrected chi connectivity index (χ1v) is 16.8. The summed E-state index contributed by atoms with van der Waals surface area (Å²) in [4.78, 5) is 21.9. The molecule has 1 aromatic carbocycles. The molecular formula is C38H49N7O2. The third-order valence-electron chi connectivity index (χ3n) is 9.24. The van der Waals surface area contributed by atoms with Gasteiger partial charge >= 0.3 is 0 Å². The number of rotatable bonds is 13. The third kappa shape index (κ3) is 6.54. The van der Waals surface area contributed by atoms with Crippen LogP contribution in [-0.4, -0.2) is 41.3 Å². The first kappa shape index (κ1) is 33.9. The van der Waals surface area contributed by atoms with E-state index < -0.39 is 0 Å². The maximum absolute atomic E-state index is 10.4. The number of aliphatic hydroxyl groups excluding tert-OH is 1. The summed E-state index contributed by atoms with van der Waals surface area (Å²) >= 11 is 0. The van der Waals surface area contributed by atoms with Crippen LogP contribution in [0.25, 0.3) is 11.6 Å². The van der Waals surface area contributed by atoms with Crippen molar-refractivity contribution in [3.63, 3.8) is 0 Å². The maximum Gasteiger partial charge on any atom is 0.239 e. The van der Waals surface area contributed by atoms with Crippen molar-refractivity contribution in [1.29, 1.82) is 0 Å². The van der Waals surface area contributed by atoms with Crippen LogP contribution in [0.4, 0.5) is 17.6 Å². The largest absolute Gasteiger partial charge is 0.482 e. The van der Waals surface area contributed by atoms with Crippen LogP contribution < -0.4 is 9.64 Å². The van der Waals surface area contributed by atoms with E-state index in [4.69, 9.17) is 24.7 Å². The second-order valence-corrected chi connectivity index (χ2v) is 12.9. The highest BCUT2D eigenvalue weighted by Gasteiger charge is 2.28. The molecule has 0 amide bonds. The van der Waals surface area contributed by atoms with Crippen molar-refractivity contribution < 1.29 is 9.84 Å². The van der Waals surface area contributed by atoms with Crippen LogP contribution in [0.2, 0.25) is 0 Å². The maximum atomic E-state index is 10.4. The monoisotopic (exact) mass is 635 g/mol. The summed E-state index contributed by atoms with van der Waals surface area (Å²) in [6, 6.07) is 14.4. The van der Waals surface area contributed by atoms with Crippen LogP contribution in [0.15, 0.2) is 67.3 Å². The summed E-state index contributed by atoms with van der Waals surface area (Å²) in [5.41, 5.74) is 6.35. The van der Waals surface area contributed by atoms with Crippen LogP contribution in [0.1, 0.15) is 120 Å². The molecule has 2 atom stereocenters. The average Bonchev–Trinajstić information content (AvgIpc) is 3.72. The second-order valence-electron chi connectivity index (χ2n) is 12.9. The van der Waals surface area contributed by atoms with Gasteiger partial charge in [0, 0.05) is 30.4 Å². The first-order chi connectivity index (χ1) is 22.6. The molecule has 9 heteroatoms. The molecular weight excluding hydrogens is 586 g/mol. The minimum absolute atomic E-state index is 0.0914. The number of methoxy groups -OCH3 is 1. The Kier molecular flexibility index (Phi) is 10.4. The Balaban J connectivity index is 1.76. The van der Waals surface area contributed by atoms with E-state index >= 15 is 0 Å². The van der Waals surface area contributed by atoms with Crippen molar-refractivity contribution in [3.05, 3.63) is 95.2 Å². The van der Waals surface area contributed by atoms with Crippen molar-refractivity contribution in [1.82, 2.24) is 29.1 Å². The van der Waals surface area contributed by atoms with E-state index in [-0.39, 0.29) is 18.4 Å². The first-order valence-electron chi connectivity index (χ1n) is 16.8. The van der Waals surface area contributed by atoms with Crippen molar-refractivity contribution in [2.24, 2.45) is 0 Å². The van der Waals surface area contributed by atoms with Crippen LogP contribution in [-0.2, 0) is 6.61 Å². The fourth-order valence-corrected chi connectivity index (χ4v) is 6.18. The van der Waals surface area contributed by atoms with Gasteiger partial charge in [0.1, 0.15) is 11.6 Å². The number of hydrogen-bond acceptors (Lipinski definition) is 7. The van der Waals surface area contributed by atoms with E-state index in [1.165, 1.54) is 0 Å². The van der Waals surface area contributed by atoms with Gasteiger partial charge in [-0.1, -0.05) is 73.6 Å². The van der Waals surface area contributed by atoms with Gasteiger partial charge in [-0.15, -0.1) is 0 Å². The van der Waals surface area contributed by atoms with Gasteiger partial charge in [0.15, 0.2) is 0 Å². The Morgan fingerprint density at radius 3 is 1.72 bits per heavy atom. The van der Waals surface area contributed by atoms with E-state index in [2.05, 4.69) is 85.7 Å². The van der Waals surface area contributed by atoms with E-state index in [1.54, 1.807) is 19.5 Å². The molecule has 0 aliphatic rings. The Labute approximate surface area is 279 Å². The molecule has 5 rings (SSSR count). The van der Waals surface area contributed by atoms with E-state index in [9.17, 15) is 5.11 Å². The number of para-hydroxylation sites is 1. The molecule has 9 nitrogen and oxygen atoms in total. The summed E-state index contributed by atoms with van der Waals surface area (Å²) in [6.45, 7) is 17.4. The molecule has 1 N–H and O–H groups in total. The molecule has 0 fully saturated rings. The summed E-state index contributed by atoms with van der Waals surface area (Å²) in [5, 5.41) is 10.4. The number of nitrogens with zero attached hydrogens (tertiary/aromatic N) is 7. The predicted octanol–water partition coefficient (Wildman–Crippen LogP) is 9.09. The SMILES string of the molecule is CCC(C)c1ccn(-c2ccnc(N(c3nccc(-n4ccc(C(C)CC)c4OC)n3)c3c(C(C)C)cccc3C(C)C)n2)c1CO. The number of ether oxygens (including phenoxy) is 1. The lowest BCUT2D eigenvalue weighted by atomic mass is 9.92. The molecule has 0 aliphatic carbocycles. The van der Waals surface area contributed by atoms with E-state index in [0.717, 1.165) is 52.4 Å². The van der Waals surface area contributed by atoms with Crippen molar-refractivity contribution in [2.75, 3.05) is 12.0 Å². The van der Waals surface area contributed by atoms with Crippen LogP contribution in [0.5, 0.6) is 5.88 Å². The normalized spacial score (nSPS) is 12.9. The average molecular weight is 636 g/mol. The van der Waals surface area contributed by atoms with Gasteiger partial charge in [-0.3, -0.25) is 4.57 Å². The number of aromatic nitrogens is 6. The van der Waals surface area contributed by atoms with Crippen molar-refractivity contribution >= 4 is 17.6 Å². The Morgan fingerprint density at radius 1 is 0.702 bits per heavy atom. The molecule has 5 aromatic rings. The molecule has 0 saturated heterocycles. The fourth-order valence-electron chi connectivity index (χ4n) is 6.18. The van der Waals surface area contributed by atoms with Gasteiger partial charge in [0.05, 0.1) is 25.1 Å². The van der Waals surface area contributed by atoms with Gasteiger partial charge in [0.25, 0.3) is 0 Å². The number of hydrogen-bond donors (Lipinski definition) is 1. The standard InChI is InChI=1S/C38H49N7O2/c1-10-26(7)30-17-21-43(32(30)23-46)33-15-19-39-37(41-33)45(35-28(24(3)4)13-12-14-29(35)25(5)6)38-40-20-16-34(42-38)44-22-18-31(27(8)11-2)36(44)47-9/h12-22,24-27,46H,10-11,23H2,1-9H3. The topological polar surface area (TPSA) is 94.1 Å². The molecule has 0 spiro atoms. The Morgan fingerprint density at radius 2 is 1.21 bits per heavy atom. The molecule has 4 aromatic heterocycles. The van der Waals surface area contributed by atoms with Crippen LogP contribution in [0, 0.1) is 0 Å². The zero-order chi connectivity index (χ0) is 33.8. The lowest BCUT2D eigenvalue weighted by molar-refractivity contribution is 0.272. The molecule has 248 valence electrons. The lowest BCUT2D eigenvalue weighted by Crippen LogP contribution is -2.21. The minimum atomic E-state index is -0.0914. The smallest absolute Gasteiger partial charge is 0.239 e. The van der Waals surface area contributed by atoms with Crippen LogP contribution in [0.3, 0.4) is 0 Å². The van der Waals surface area contributed by atoms with E-state index in [0.29, 0.717) is 35.4 Å². The van der Waals surface area contributed by atoms with Gasteiger partial charge in [-0.2, -0.15) is 9.97 Å². The molecule has 0 bridgehead atoms. The molecule has 4 heterocycles. The molecule has 0 radical (unpaired) electrons. The minimum Gasteiger partial charge on any atom is -0.482 e. The Bertz CT molecular complexity index is 1680. The van der Waals surface area contributed by atoms with Crippen molar-refractivity contribution in [2.45, 2.75) is 98.5 Å². The molecule has 0 saturated carbocycles. The quantitative estimate of drug-likeness (QED) is 0.138. The third-order valence-corrected chi connectivity index (χ3v) is 9.24. The molecule has 0 aliphatic heterocycles. The lowest BCUT2D eigenvalue weighted by Gasteiger charge is -2.29. The number of anilines is 3. The van der Waals surface area contributed by atoms with Gasteiger partial charge in [0.2, 0.25) is 17.8 Å². The fraction of sp³-hybridized carbons (Fsp3) is 0.421. The zero-order valence-electron chi connectivity index (χ0n) is 29.3. The predicted molar refractivity (Wildman–Crippen MR) is 189 cm³/mol. The molecule has 47 heavy (non-hydrogen) atoms. The summed E-state index contributed by atoms with van der Waals surface area (Å²) < 4.78 is 9.85. The zero-order valence-corrected chi connectivity index (χ0v) is 29.3. The van der Waals surface area contributed by atoms with E-state index in [1.807, 2.05) is 38.6 Å². The highest BCUT2D eigenvalue weighted by atomic mass is 16.5. The van der Waals surface area contributed by atoms with Crippen molar-refractivity contribution in [3.8, 4) is 17.5 Å². The highest BCUT2D eigenvalue weighted by Crippen LogP contribution is 2.42. The number of benzene rings is 1. The molecule has 2 unspecified atom stereocenters. The summed E-state index contributed by atoms with van der Waals surface area (Å²) in [7, 11) is 1.70. The Hall–Kier alpha value is -4.50. The summed E-state index contributed by atoms with van der Waals surface area (Å²) in [6.07, 6.45) is 9.50. The van der Waals surface area contributed by atoms with Gasteiger partial charge in [-0.05, 0) is 77.5 Å². The van der Waals surface area contributed by atoms with Gasteiger partial charge < -0.3 is 14.4 Å². The summed E-state index contributed by atoms with van der Waals surface area (Å²) in [5.74, 6) is 4.07. The highest BCUT2D eigenvalue weighted by molar-refractivity contribution is 5.75. The van der Waals surface area contributed by atoms with Crippen LogP contribution >= 0.6 is 0 Å². The number of aliphatic hydroxyl groups is 1. The van der Waals surface area contributed by atoms with Gasteiger partial charge in [-0.25, -0.2) is 14.9 Å².